The van der Waals surface area contributed by atoms with Crippen LogP contribution in [0.2, 0.25) is 0 Å². The zero-order chi connectivity index (χ0) is 15.8. The molecular formula is C15H28N2O4. The van der Waals surface area contributed by atoms with Gasteiger partial charge in [-0.25, -0.2) is 4.79 Å². The van der Waals surface area contributed by atoms with E-state index in [1.165, 1.54) is 0 Å². The topological polar surface area (TPSA) is 87.7 Å². The molecule has 0 saturated heterocycles. The molecule has 21 heavy (non-hydrogen) atoms. The van der Waals surface area contributed by atoms with Gasteiger partial charge in [0.05, 0.1) is 12.1 Å². The van der Waals surface area contributed by atoms with Crippen molar-refractivity contribution in [3.8, 4) is 0 Å². The molecule has 2 amide bonds. The Morgan fingerprint density at radius 2 is 2.05 bits per heavy atom. The lowest BCUT2D eigenvalue weighted by Gasteiger charge is -2.22. The van der Waals surface area contributed by atoms with Crippen LogP contribution >= 0.6 is 0 Å². The van der Waals surface area contributed by atoms with Crippen LogP contribution in [0, 0.1) is 11.8 Å². The van der Waals surface area contributed by atoms with Gasteiger partial charge < -0.3 is 20.5 Å². The number of rotatable bonds is 8. The number of ether oxygens (including phenoxy) is 1. The maximum Gasteiger partial charge on any atom is 0.315 e. The third-order valence-corrected chi connectivity index (χ3v) is 3.89. The molecule has 6 heteroatoms. The lowest BCUT2D eigenvalue weighted by molar-refractivity contribution is -0.138. The highest BCUT2D eigenvalue weighted by molar-refractivity contribution is 5.74. The minimum Gasteiger partial charge on any atom is -0.481 e. The fourth-order valence-electron chi connectivity index (χ4n) is 2.98. The van der Waals surface area contributed by atoms with Crippen LogP contribution in [0.25, 0.3) is 0 Å². The number of hydrogen-bond donors (Lipinski definition) is 3. The Labute approximate surface area is 126 Å². The molecule has 1 saturated carbocycles. The first kappa shape index (κ1) is 17.8. The maximum absolute atomic E-state index is 11.9. The number of carbonyl (C=O) groups excluding carboxylic acids is 1. The molecule has 0 aromatic heterocycles. The molecule has 1 fully saturated rings. The Hall–Kier alpha value is -1.30. The molecule has 3 N–H and O–H groups in total. The zero-order valence-corrected chi connectivity index (χ0v) is 13.2. The summed E-state index contributed by atoms with van der Waals surface area (Å²) in [6.45, 7) is 4.49. The molecule has 2 unspecified atom stereocenters. The fourth-order valence-corrected chi connectivity index (χ4v) is 2.98. The van der Waals surface area contributed by atoms with E-state index in [1.807, 2.05) is 0 Å². The number of hydrogen-bond acceptors (Lipinski definition) is 3. The molecule has 0 aromatic rings. The van der Waals surface area contributed by atoms with Gasteiger partial charge in [-0.05, 0) is 37.5 Å². The van der Waals surface area contributed by atoms with Crippen molar-refractivity contribution in [1.82, 2.24) is 10.6 Å². The Balaban J connectivity index is 2.36. The van der Waals surface area contributed by atoms with Crippen LogP contribution in [0.15, 0.2) is 0 Å². The van der Waals surface area contributed by atoms with Gasteiger partial charge in [-0.1, -0.05) is 13.8 Å². The van der Waals surface area contributed by atoms with Gasteiger partial charge in [0.25, 0.3) is 0 Å². The zero-order valence-electron chi connectivity index (χ0n) is 13.2. The molecule has 1 aliphatic carbocycles. The Morgan fingerprint density at radius 3 is 2.62 bits per heavy atom. The quantitative estimate of drug-likeness (QED) is 0.639. The SMILES string of the molecule is COC1CCCC1NC(=O)NC[C@H](CC(=O)O)CC(C)C. The second-order valence-corrected chi connectivity index (χ2v) is 6.26. The van der Waals surface area contributed by atoms with Crippen LogP contribution in [-0.4, -0.2) is 42.9 Å². The Kier molecular flexibility index (Phi) is 7.50. The van der Waals surface area contributed by atoms with Crippen LogP contribution in [0.4, 0.5) is 4.79 Å². The Bertz CT molecular complexity index is 347. The standard InChI is InChI=1S/C15H28N2O4/c1-10(2)7-11(8-14(18)19)9-16-15(20)17-12-5-4-6-13(12)21-3/h10-13H,4-9H2,1-3H3,(H,18,19)(H2,16,17,20)/t11-,12?,13?/m0/s1. The van der Waals surface area contributed by atoms with Crippen molar-refractivity contribution < 1.29 is 19.4 Å². The number of carbonyl (C=O) groups is 2. The largest absolute Gasteiger partial charge is 0.481 e. The molecule has 6 nitrogen and oxygen atoms in total. The predicted molar refractivity (Wildman–Crippen MR) is 80.2 cm³/mol. The summed E-state index contributed by atoms with van der Waals surface area (Å²) >= 11 is 0. The van der Waals surface area contributed by atoms with Gasteiger partial charge in [0.15, 0.2) is 0 Å². The molecule has 0 bridgehead atoms. The first-order chi connectivity index (χ1) is 9.92. The third kappa shape index (κ3) is 6.80. The van der Waals surface area contributed by atoms with Gasteiger partial charge in [0, 0.05) is 20.1 Å². The number of carboxylic acid groups (broad SMARTS) is 1. The molecule has 1 aliphatic rings. The highest BCUT2D eigenvalue weighted by Gasteiger charge is 2.28. The van der Waals surface area contributed by atoms with E-state index in [2.05, 4.69) is 24.5 Å². The van der Waals surface area contributed by atoms with Gasteiger partial charge in [0.2, 0.25) is 0 Å². The highest BCUT2D eigenvalue weighted by Crippen LogP contribution is 2.21. The second-order valence-electron chi connectivity index (χ2n) is 6.26. The van der Waals surface area contributed by atoms with Gasteiger partial charge in [-0.2, -0.15) is 0 Å². The van der Waals surface area contributed by atoms with E-state index in [4.69, 9.17) is 9.84 Å². The molecule has 0 radical (unpaired) electrons. The van der Waals surface area contributed by atoms with Crippen molar-refractivity contribution in [2.75, 3.05) is 13.7 Å². The number of amides is 2. The van der Waals surface area contributed by atoms with Crippen molar-refractivity contribution >= 4 is 12.0 Å². The maximum atomic E-state index is 11.9. The summed E-state index contributed by atoms with van der Waals surface area (Å²) in [4.78, 5) is 22.8. The van der Waals surface area contributed by atoms with Crippen molar-refractivity contribution in [3.05, 3.63) is 0 Å². The van der Waals surface area contributed by atoms with Crippen molar-refractivity contribution in [2.45, 2.75) is 58.1 Å². The number of carboxylic acids is 1. The number of nitrogens with one attached hydrogen (secondary N) is 2. The fraction of sp³-hybridized carbons (Fsp3) is 0.867. The third-order valence-electron chi connectivity index (χ3n) is 3.89. The predicted octanol–water partition coefficient (Wildman–Crippen LogP) is 1.99. The number of aliphatic carboxylic acids is 1. The van der Waals surface area contributed by atoms with Crippen molar-refractivity contribution in [1.29, 1.82) is 0 Å². The molecule has 122 valence electrons. The van der Waals surface area contributed by atoms with Crippen molar-refractivity contribution in [3.63, 3.8) is 0 Å². The van der Waals surface area contributed by atoms with Gasteiger partial charge >= 0.3 is 12.0 Å². The van der Waals surface area contributed by atoms with Crippen LogP contribution in [0.1, 0.15) is 46.0 Å². The lowest BCUT2D eigenvalue weighted by Crippen LogP contribution is -2.47. The molecule has 0 aliphatic heterocycles. The van der Waals surface area contributed by atoms with Crippen LogP contribution in [0.5, 0.6) is 0 Å². The van der Waals surface area contributed by atoms with Gasteiger partial charge in [0.1, 0.15) is 0 Å². The van der Waals surface area contributed by atoms with E-state index in [0.717, 1.165) is 25.7 Å². The summed E-state index contributed by atoms with van der Waals surface area (Å²) in [5, 5.41) is 14.6. The Morgan fingerprint density at radius 1 is 1.33 bits per heavy atom. The first-order valence-electron chi connectivity index (χ1n) is 7.71. The van der Waals surface area contributed by atoms with Crippen LogP contribution < -0.4 is 10.6 Å². The van der Waals surface area contributed by atoms with Gasteiger partial charge in [-0.15, -0.1) is 0 Å². The van der Waals surface area contributed by atoms with E-state index in [1.54, 1.807) is 7.11 Å². The van der Waals surface area contributed by atoms with E-state index in [0.29, 0.717) is 12.5 Å². The lowest BCUT2D eigenvalue weighted by atomic mass is 9.94. The number of urea groups is 1. The van der Waals surface area contributed by atoms with E-state index in [9.17, 15) is 9.59 Å². The average Bonchev–Trinajstić information content (AvgIpc) is 2.81. The van der Waals surface area contributed by atoms with Crippen LogP contribution in [0.3, 0.4) is 0 Å². The minimum atomic E-state index is -0.821. The number of methoxy groups -OCH3 is 1. The highest BCUT2D eigenvalue weighted by atomic mass is 16.5. The minimum absolute atomic E-state index is 0.0324. The summed E-state index contributed by atoms with van der Waals surface area (Å²) in [5.41, 5.74) is 0. The van der Waals surface area contributed by atoms with E-state index < -0.39 is 5.97 Å². The first-order valence-corrected chi connectivity index (χ1v) is 7.71. The van der Waals surface area contributed by atoms with E-state index >= 15 is 0 Å². The summed E-state index contributed by atoms with van der Waals surface area (Å²) in [7, 11) is 1.66. The van der Waals surface area contributed by atoms with Crippen LogP contribution in [-0.2, 0) is 9.53 Å². The van der Waals surface area contributed by atoms with E-state index in [-0.39, 0.29) is 30.5 Å². The molecule has 1 rings (SSSR count). The summed E-state index contributed by atoms with van der Waals surface area (Å²) in [5.74, 6) is -0.444. The monoisotopic (exact) mass is 300 g/mol. The normalized spacial score (nSPS) is 23.0. The molecule has 3 atom stereocenters. The summed E-state index contributed by atoms with van der Waals surface area (Å²) in [6, 6.07) is -0.180. The molecule has 0 aromatic carbocycles. The summed E-state index contributed by atoms with van der Waals surface area (Å²) < 4.78 is 5.34. The average molecular weight is 300 g/mol. The molecule has 0 spiro atoms. The molecule has 0 heterocycles. The smallest absolute Gasteiger partial charge is 0.315 e. The van der Waals surface area contributed by atoms with Crippen molar-refractivity contribution in [2.24, 2.45) is 11.8 Å². The second kappa shape index (κ2) is 8.87. The van der Waals surface area contributed by atoms with Gasteiger partial charge in [-0.3, -0.25) is 4.79 Å². The summed E-state index contributed by atoms with van der Waals surface area (Å²) in [6.07, 6.45) is 3.91. The molecular weight excluding hydrogens is 272 g/mol.